The van der Waals surface area contributed by atoms with Crippen LogP contribution in [0.5, 0.6) is 0 Å². The minimum Gasteiger partial charge on any atom is -0.380 e. The fourth-order valence-electron chi connectivity index (χ4n) is 0.772. The molecule has 62 valence electrons. The minimum atomic E-state index is 0.208. The van der Waals surface area contributed by atoms with E-state index in [-0.39, 0.29) is 5.82 Å². The van der Waals surface area contributed by atoms with Crippen LogP contribution in [0.25, 0.3) is 10.6 Å². The highest BCUT2D eigenvalue weighted by molar-refractivity contribution is 7.13. The maximum atomic E-state index is 5.80. The summed E-state index contributed by atoms with van der Waals surface area (Å²) in [6.45, 7) is 0. The summed E-state index contributed by atoms with van der Waals surface area (Å²) in [6, 6.07) is 0. The van der Waals surface area contributed by atoms with Crippen molar-refractivity contribution >= 4 is 28.8 Å². The van der Waals surface area contributed by atoms with Crippen LogP contribution >= 0.6 is 22.9 Å². The second kappa shape index (κ2) is 2.76. The topological polar surface area (TPSA) is 64.9 Å². The molecular weight excluding hydrogens is 198 g/mol. The van der Waals surface area contributed by atoms with Crippen LogP contribution < -0.4 is 5.73 Å². The predicted octanol–water partition coefficient (Wildman–Crippen LogP) is 2.03. The Morgan fingerprint density at radius 3 is 2.92 bits per heavy atom. The van der Waals surface area contributed by atoms with Gasteiger partial charge in [-0.2, -0.15) is 0 Å². The first-order valence-electron chi connectivity index (χ1n) is 3.08. The van der Waals surface area contributed by atoms with Gasteiger partial charge in [-0.3, -0.25) is 4.98 Å². The van der Waals surface area contributed by atoms with Gasteiger partial charge in [-0.05, 0) is 0 Å². The predicted molar refractivity (Wildman–Crippen MR) is 47.0 cm³/mol. The Morgan fingerprint density at radius 1 is 1.58 bits per heavy atom. The van der Waals surface area contributed by atoms with Crippen LogP contribution in [-0.2, 0) is 0 Å². The molecule has 2 rings (SSSR count). The maximum absolute atomic E-state index is 5.80. The van der Waals surface area contributed by atoms with Gasteiger partial charge in [0.15, 0.2) is 11.6 Å². The van der Waals surface area contributed by atoms with Crippen molar-refractivity contribution in [2.75, 3.05) is 5.73 Å². The van der Waals surface area contributed by atoms with Crippen molar-refractivity contribution in [1.29, 1.82) is 0 Å². The van der Waals surface area contributed by atoms with E-state index >= 15 is 0 Å². The summed E-state index contributed by atoms with van der Waals surface area (Å²) in [7, 11) is 0. The van der Waals surface area contributed by atoms with Gasteiger partial charge in [-0.1, -0.05) is 16.8 Å². The van der Waals surface area contributed by atoms with Gasteiger partial charge >= 0.3 is 0 Å². The molecule has 6 heteroatoms. The molecule has 0 aromatic carbocycles. The number of rotatable bonds is 1. The highest BCUT2D eigenvalue weighted by Gasteiger charge is 2.14. The van der Waals surface area contributed by atoms with Crippen molar-refractivity contribution in [3.05, 3.63) is 16.7 Å². The first-order chi connectivity index (χ1) is 5.79. The van der Waals surface area contributed by atoms with Crippen molar-refractivity contribution < 1.29 is 4.52 Å². The fourth-order valence-corrected chi connectivity index (χ4v) is 1.60. The largest absolute Gasteiger partial charge is 0.380 e. The molecule has 0 fully saturated rings. The zero-order valence-corrected chi connectivity index (χ0v) is 7.39. The van der Waals surface area contributed by atoms with Gasteiger partial charge in [0.05, 0.1) is 10.4 Å². The maximum Gasteiger partial charge on any atom is 0.199 e. The van der Waals surface area contributed by atoms with Crippen LogP contribution in [0, 0.1) is 0 Å². The van der Waals surface area contributed by atoms with Crippen molar-refractivity contribution in [2.24, 2.45) is 0 Å². The molecule has 0 saturated heterocycles. The molecule has 0 spiro atoms. The Bertz CT molecular complexity index is 383. The van der Waals surface area contributed by atoms with Gasteiger partial charge in [-0.15, -0.1) is 11.3 Å². The Labute approximate surface area is 77.0 Å². The van der Waals surface area contributed by atoms with E-state index < -0.39 is 0 Å². The molecule has 4 nitrogen and oxygen atoms in total. The van der Waals surface area contributed by atoms with E-state index in [2.05, 4.69) is 10.1 Å². The standard InChI is InChI=1S/C6H4ClN3OS/c7-4-5(11-10-6(4)8)3-1-9-2-12-3/h1-2H,(H2,8,10). The summed E-state index contributed by atoms with van der Waals surface area (Å²) in [5.74, 6) is 0.691. The molecule has 0 aliphatic carbocycles. The van der Waals surface area contributed by atoms with Gasteiger partial charge in [-0.25, -0.2) is 0 Å². The summed E-state index contributed by atoms with van der Waals surface area (Å²) in [5, 5.41) is 3.87. The molecule has 0 atom stereocenters. The van der Waals surface area contributed by atoms with Crippen LogP contribution in [0.2, 0.25) is 5.02 Å². The van der Waals surface area contributed by atoms with Gasteiger partial charge < -0.3 is 10.3 Å². The van der Waals surface area contributed by atoms with Crippen LogP contribution in [0.4, 0.5) is 5.82 Å². The van der Waals surface area contributed by atoms with Crippen LogP contribution in [-0.4, -0.2) is 10.1 Å². The van der Waals surface area contributed by atoms with Crippen molar-refractivity contribution in [2.45, 2.75) is 0 Å². The van der Waals surface area contributed by atoms with Crippen molar-refractivity contribution in [1.82, 2.24) is 10.1 Å². The molecule has 2 heterocycles. The summed E-state index contributed by atoms with van der Waals surface area (Å²) in [6.07, 6.45) is 1.65. The lowest BCUT2D eigenvalue weighted by Crippen LogP contribution is -1.82. The molecule has 0 saturated carbocycles. The normalized spacial score (nSPS) is 10.4. The smallest absolute Gasteiger partial charge is 0.199 e. The molecule has 2 aromatic rings. The number of aromatic nitrogens is 2. The van der Waals surface area contributed by atoms with Gasteiger partial charge in [0.25, 0.3) is 0 Å². The third kappa shape index (κ3) is 1.07. The van der Waals surface area contributed by atoms with Gasteiger partial charge in [0, 0.05) is 6.20 Å². The molecule has 0 radical (unpaired) electrons. The molecule has 0 aliphatic heterocycles. The number of halogens is 1. The van der Waals surface area contributed by atoms with E-state index in [1.807, 2.05) is 0 Å². The van der Waals surface area contributed by atoms with Gasteiger partial charge in [0.1, 0.15) is 5.02 Å². The highest BCUT2D eigenvalue weighted by atomic mass is 35.5. The second-order valence-corrected chi connectivity index (χ2v) is 3.34. The number of nitrogens with zero attached hydrogens (tertiary/aromatic N) is 2. The minimum absolute atomic E-state index is 0.208. The van der Waals surface area contributed by atoms with E-state index in [9.17, 15) is 0 Å². The first kappa shape index (κ1) is 7.57. The summed E-state index contributed by atoms with van der Waals surface area (Å²) in [4.78, 5) is 4.70. The number of hydrogen-bond acceptors (Lipinski definition) is 5. The van der Waals surface area contributed by atoms with E-state index in [4.69, 9.17) is 21.9 Å². The van der Waals surface area contributed by atoms with E-state index in [0.717, 1.165) is 4.88 Å². The monoisotopic (exact) mass is 201 g/mol. The second-order valence-electron chi connectivity index (χ2n) is 2.08. The fraction of sp³-hybridized carbons (Fsp3) is 0. The summed E-state index contributed by atoms with van der Waals surface area (Å²) in [5.41, 5.74) is 7.08. The molecule has 2 aromatic heterocycles. The molecule has 0 unspecified atom stereocenters. The third-order valence-electron chi connectivity index (χ3n) is 1.32. The molecule has 12 heavy (non-hydrogen) atoms. The number of nitrogen functional groups attached to an aromatic ring is 1. The lowest BCUT2D eigenvalue weighted by Gasteiger charge is -1.86. The summed E-state index contributed by atoms with van der Waals surface area (Å²) < 4.78 is 4.90. The van der Waals surface area contributed by atoms with Crippen LogP contribution in [0.15, 0.2) is 16.2 Å². The molecule has 0 bridgehead atoms. The Morgan fingerprint density at radius 2 is 2.42 bits per heavy atom. The number of nitrogens with two attached hydrogens (primary N) is 1. The molecule has 0 aliphatic rings. The van der Waals surface area contributed by atoms with Crippen LogP contribution in [0.3, 0.4) is 0 Å². The quantitative estimate of drug-likeness (QED) is 0.767. The Balaban J connectivity index is 2.55. The average molecular weight is 202 g/mol. The SMILES string of the molecule is Nc1noc(-c2cncs2)c1Cl. The molecular formula is C6H4ClN3OS. The number of hydrogen-bond donors (Lipinski definition) is 1. The highest BCUT2D eigenvalue weighted by Crippen LogP contribution is 2.33. The molecule has 2 N–H and O–H groups in total. The van der Waals surface area contributed by atoms with E-state index in [1.165, 1.54) is 11.3 Å². The lowest BCUT2D eigenvalue weighted by atomic mass is 10.4. The van der Waals surface area contributed by atoms with Crippen LogP contribution in [0.1, 0.15) is 0 Å². The Kier molecular flexibility index (Phi) is 1.74. The van der Waals surface area contributed by atoms with Crippen molar-refractivity contribution in [3.63, 3.8) is 0 Å². The van der Waals surface area contributed by atoms with Gasteiger partial charge in [0.2, 0.25) is 0 Å². The third-order valence-corrected chi connectivity index (χ3v) is 2.45. The molecule has 0 amide bonds. The average Bonchev–Trinajstić information content (AvgIpc) is 2.64. The van der Waals surface area contributed by atoms with Crippen molar-refractivity contribution in [3.8, 4) is 10.6 Å². The summed E-state index contributed by atoms with van der Waals surface area (Å²) >= 11 is 7.22. The zero-order valence-electron chi connectivity index (χ0n) is 5.82. The van der Waals surface area contributed by atoms with E-state index in [0.29, 0.717) is 10.8 Å². The Hall–Kier alpha value is -1.07. The number of thiazole rings is 1. The lowest BCUT2D eigenvalue weighted by molar-refractivity contribution is 0.436. The zero-order chi connectivity index (χ0) is 8.55. The van der Waals surface area contributed by atoms with E-state index in [1.54, 1.807) is 11.7 Å². The number of anilines is 1. The first-order valence-corrected chi connectivity index (χ1v) is 4.34.